The highest BCUT2D eigenvalue weighted by atomic mass is 16.5. The second kappa shape index (κ2) is 7.57. The van der Waals surface area contributed by atoms with Gasteiger partial charge in [0, 0.05) is 17.1 Å². The van der Waals surface area contributed by atoms with Crippen molar-refractivity contribution in [2.75, 3.05) is 0 Å². The van der Waals surface area contributed by atoms with Crippen LogP contribution in [0.15, 0.2) is 17.9 Å². The molecule has 1 aromatic rings. The fourth-order valence-corrected chi connectivity index (χ4v) is 7.16. The van der Waals surface area contributed by atoms with Gasteiger partial charge in [-0.2, -0.15) is 0 Å². The van der Waals surface area contributed by atoms with Crippen molar-refractivity contribution < 1.29 is 34.4 Å². The molecule has 4 rings (SSSR count). The number of fused-ring (bicyclic) bond motifs is 3. The standard InChI is InChI=1S/C25H31NO7/c1-23(2)9-5-10-24(3)16(23)8-11-25(4)17(24)12-14(19(33-25)22(31)32)13-6-7-15(20(27)28)26-18(13)21(29)30/h6-7,16-17H,5,8-12H2,1-4H3,(H,27,28)(H,29,30)(H,31,32)/t16-,17+,24-,25-/m1/s1. The summed E-state index contributed by atoms with van der Waals surface area (Å²) in [6.45, 7) is 8.86. The highest BCUT2D eigenvalue weighted by molar-refractivity contribution is 6.00. The molecular weight excluding hydrogens is 426 g/mol. The van der Waals surface area contributed by atoms with Crippen molar-refractivity contribution in [2.24, 2.45) is 22.7 Å². The van der Waals surface area contributed by atoms with E-state index in [2.05, 4.69) is 25.8 Å². The number of aliphatic carboxylic acids is 1. The van der Waals surface area contributed by atoms with Gasteiger partial charge in [-0.25, -0.2) is 19.4 Å². The number of carboxylic acids is 3. The van der Waals surface area contributed by atoms with Gasteiger partial charge in [-0.05, 0) is 67.9 Å². The van der Waals surface area contributed by atoms with Crippen molar-refractivity contribution in [2.45, 2.75) is 71.8 Å². The summed E-state index contributed by atoms with van der Waals surface area (Å²) in [5.41, 5.74) is -1.12. The summed E-state index contributed by atoms with van der Waals surface area (Å²) < 4.78 is 6.24. The molecule has 33 heavy (non-hydrogen) atoms. The minimum Gasteiger partial charge on any atom is -0.480 e. The Morgan fingerprint density at radius 3 is 2.24 bits per heavy atom. The van der Waals surface area contributed by atoms with Crippen molar-refractivity contribution in [3.8, 4) is 0 Å². The first kappa shape index (κ1) is 23.3. The van der Waals surface area contributed by atoms with Crippen molar-refractivity contribution >= 4 is 23.5 Å². The van der Waals surface area contributed by atoms with Crippen LogP contribution in [0.25, 0.3) is 5.57 Å². The Hall–Kier alpha value is -2.90. The van der Waals surface area contributed by atoms with Crippen molar-refractivity contribution in [3.63, 3.8) is 0 Å². The normalized spacial score (nSPS) is 32.8. The SMILES string of the molecule is CC1(C)CCC[C@]2(C)[C@@H]1CC[C@@]1(C)OC(C(=O)O)=C(c3ccc(C(=O)O)nc3C(=O)O)C[C@@H]21. The maximum atomic E-state index is 12.2. The van der Waals surface area contributed by atoms with Crippen LogP contribution in [-0.4, -0.2) is 43.8 Å². The van der Waals surface area contributed by atoms with Gasteiger partial charge in [0.2, 0.25) is 5.76 Å². The van der Waals surface area contributed by atoms with E-state index >= 15 is 0 Å². The minimum absolute atomic E-state index is 0.0118. The third-order valence-corrected chi connectivity index (χ3v) is 8.59. The first-order valence-electron chi connectivity index (χ1n) is 11.4. The molecule has 3 aliphatic rings. The Balaban J connectivity index is 1.88. The number of pyridine rings is 1. The van der Waals surface area contributed by atoms with Gasteiger partial charge >= 0.3 is 17.9 Å². The highest BCUT2D eigenvalue weighted by Gasteiger charge is 2.61. The minimum atomic E-state index is -1.41. The van der Waals surface area contributed by atoms with E-state index in [1.807, 2.05) is 6.92 Å². The number of hydrogen-bond acceptors (Lipinski definition) is 5. The average molecular weight is 458 g/mol. The predicted octanol–water partition coefficient (Wildman–Crippen LogP) is 4.70. The van der Waals surface area contributed by atoms with E-state index < -0.39 is 34.9 Å². The van der Waals surface area contributed by atoms with Crippen molar-refractivity contribution in [3.05, 3.63) is 34.8 Å². The van der Waals surface area contributed by atoms with Crippen LogP contribution < -0.4 is 0 Å². The molecule has 2 fully saturated rings. The summed E-state index contributed by atoms with van der Waals surface area (Å²) in [6.07, 6.45) is 5.25. The zero-order valence-electron chi connectivity index (χ0n) is 19.5. The molecule has 8 heteroatoms. The van der Waals surface area contributed by atoms with Crippen molar-refractivity contribution in [1.29, 1.82) is 0 Å². The summed E-state index contributed by atoms with van der Waals surface area (Å²) in [6, 6.07) is 2.55. The van der Waals surface area contributed by atoms with E-state index in [9.17, 15) is 29.7 Å². The molecule has 178 valence electrons. The maximum Gasteiger partial charge on any atom is 0.371 e. The fraction of sp³-hybridized carbons (Fsp3) is 0.600. The molecule has 2 saturated carbocycles. The molecule has 4 atom stereocenters. The first-order chi connectivity index (χ1) is 15.3. The monoisotopic (exact) mass is 457 g/mol. The Labute approximate surface area is 192 Å². The number of nitrogens with zero attached hydrogens (tertiary/aromatic N) is 1. The highest BCUT2D eigenvalue weighted by Crippen LogP contribution is 2.65. The first-order valence-corrected chi connectivity index (χ1v) is 11.4. The molecule has 1 aromatic heterocycles. The zero-order valence-corrected chi connectivity index (χ0v) is 19.5. The zero-order chi connectivity index (χ0) is 24.3. The van der Waals surface area contributed by atoms with Gasteiger partial charge in [-0.3, -0.25) is 0 Å². The molecule has 2 aliphatic carbocycles. The van der Waals surface area contributed by atoms with Crippen LogP contribution in [0.5, 0.6) is 0 Å². The Kier molecular flexibility index (Phi) is 5.34. The van der Waals surface area contributed by atoms with Crippen LogP contribution >= 0.6 is 0 Å². The lowest BCUT2D eigenvalue weighted by atomic mass is 9.44. The largest absolute Gasteiger partial charge is 0.480 e. The maximum absolute atomic E-state index is 12.2. The van der Waals surface area contributed by atoms with E-state index in [1.54, 1.807) is 0 Å². The van der Waals surface area contributed by atoms with Gasteiger partial charge in [-0.15, -0.1) is 0 Å². The fourth-order valence-electron chi connectivity index (χ4n) is 7.16. The Morgan fingerprint density at radius 1 is 0.939 bits per heavy atom. The van der Waals surface area contributed by atoms with Crippen molar-refractivity contribution in [1.82, 2.24) is 4.98 Å². The Morgan fingerprint density at radius 2 is 1.64 bits per heavy atom. The van der Waals surface area contributed by atoms with Crippen LogP contribution in [0.2, 0.25) is 0 Å². The third-order valence-electron chi connectivity index (χ3n) is 8.59. The summed E-state index contributed by atoms with van der Waals surface area (Å²) in [5, 5.41) is 29.0. The molecular formula is C25H31NO7. The molecule has 3 N–H and O–H groups in total. The molecule has 0 spiro atoms. The van der Waals surface area contributed by atoms with Crippen LogP contribution in [0, 0.1) is 22.7 Å². The molecule has 0 saturated heterocycles. The van der Waals surface area contributed by atoms with E-state index in [0.29, 0.717) is 12.3 Å². The van der Waals surface area contributed by atoms with Gasteiger partial charge in [0.1, 0.15) is 11.3 Å². The number of rotatable bonds is 4. The molecule has 2 heterocycles. The summed E-state index contributed by atoms with van der Waals surface area (Å²) in [7, 11) is 0. The van der Waals surface area contributed by atoms with E-state index in [0.717, 1.165) is 32.1 Å². The molecule has 0 aromatic carbocycles. The molecule has 0 unspecified atom stereocenters. The summed E-state index contributed by atoms with van der Waals surface area (Å²) in [4.78, 5) is 39.3. The number of ether oxygens (including phenoxy) is 1. The van der Waals surface area contributed by atoms with Crippen LogP contribution in [0.1, 0.15) is 92.8 Å². The number of carbonyl (C=O) groups is 3. The predicted molar refractivity (Wildman–Crippen MR) is 119 cm³/mol. The number of aromatic nitrogens is 1. The lowest BCUT2D eigenvalue weighted by Crippen LogP contribution is -2.59. The van der Waals surface area contributed by atoms with Gasteiger partial charge in [0.15, 0.2) is 5.69 Å². The van der Waals surface area contributed by atoms with Crippen LogP contribution in [0.3, 0.4) is 0 Å². The third kappa shape index (κ3) is 3.60. The van der Waals surface area contributed by atoms with Gasteiger partial charge in [0.25, 0.3) is 0 Å². The van der Waals surface area contributed by atoms with Gasteiger partial charge in [0.05, 0.1) is 0 Å². The molecule has 8 nitrogen and oxygen atoms in total. The number of hydrogen-bond donors (Lipinski definition) is 3. The molecule has 0 radical (unpaired) electrons. The molecule has 0 bridgehead atoms. The number of allylic oxidation sites excluding steroid dienone is 1. The summed E-state index contributed by atoms with van der Waals surface area (Å²) >= 11 is 0. The molecule has 0 amide bonds. The van der Waals surface area contributed by atoms with E-state index in [4.69, 9.17) is 4.74 Å². The molecule has 1 aliphatic heterocycles. The number of aromatic carboxylic acids is 2. The quantitative estimate of drug-likeness (QED) is 0.592. The van der Waals surface area contributed by atoms with Gasteiger partial charge in [-0.1, -0.05) is 27.2 Å². The summed E-state index contributed by atoms with van der Waals surface area (Å²) in [5.74, 6) is -3.86. The second-order valence-corrected chi connectivity index (χ2v) is 10.9. The average Bonchev–Trinajstić information content (AvgIpc) is 2.71. The van der Waals surface area contributed by atoms with Crippen LogP contribution in [-0.2, 0) is 9.53 Å². The lowest BCUT2D eigenvalue weighted by molar-refractivity contribution is -0.186. The van der Waals surface area contributed by atoms with E-state index in [-0.39, 0.29) is 33.6 Å². The van der Waals surface area contributed by atoms with Gasteiger partial charge < -0.3 is 20.1 Å². The second-order valence-electron chi connectivity index (χ2n) is 10.9. The number of carboxylic acid groups (broad SMARTS) is 3. The lowest BCUT2D eigenvalue weighted by Gasteiger charge is -2.63. The topological polar surface area (TPSA) is 134 Å². The Bertz CT molecular complexity index is 1070. The smallest absolute Gasteiger partial charge is 0.371 e. The van der Waals surface area contributed by atoms with E-state index in [1.165, 1.54) is 12.1 Å². The van der Waals surface area contributed by atoms with Crippen LogP contribution in [0.4, 0.5) is 0 Å².